The highest BCUT2D eigenvalue weighted by Gasteiger charge is 2.31. The van der Waals surface area contributed by atoms with E-state index < -0.39 is 0 Å². The van der Waals surface area contributed by atoms with Crippen LogP contribution in [0.25, 0.3) is 0 Å². The summed E-state index contributed by atoms with van der Waals surface area (Å²) in [5, 5.41) is 3.58. The van der Waals surface area contributed by atoms with E-state index >= 15 is 0 Å². The third-order valence-electron chi connectivity index (χ3n) is 3.48. The zero-order chi connectivity index (χ0) is 11.5. The van der Waals surface area contributed by atoms with Crippen molar-refractivity contribution in [2.75, 3.05) is 20.1 Å². The lowest BCUT2D eigenvalue weighted by atomic mass is 10.0. The van der Waals surface area contributed by atoms with Gasteiger partial charge in [-0.15, -0.1) is 0 Å². The van der Waals surface area contributed by atoms with Crippen molar-refractivity contribution in [2.24, 2.45) is 5.92 Å². The van der Waals surface area contributed by atoms with Crippen molar-refractivity contribution in [1.29, 1.82) is 0 Å². The van der Waals surface area contributed by atoms with Gasteiger partial charge in [0.1, 0.15) is 0 Å². The van der Waals surface area contributed by atoms with E-state index in [0.717, 1.165) is 18.5 Å². The summed E-state index contributed by atoms with van der Waals surface area (Å²) in [6.45, 7) is 11.6. The largest absolute Gasteiger partial charge is 0.310 e. The molecular formula is C13H28N2. The molecule has 1 atom stereocenters. The molecule has 0 aromatic carbocycles. The molecule has 1 N–H and O–H groups in total. The van der Waals surface area contributed by atoms with E-state index in [2.05, 4.69) is 45.0 Å². The molecule has 0 aromatic rings. The van der Waals surface area contributed by atoms with Crippen LogP contribution in [-0.2, 0) is 0 Å². The van der Waals surface area contributed by atoms with Gasteiger partial charge in [0, 0.05) is 18.1 Å². The zero-order valence-electron chi connectivity index (χ0n) is 11.1. The topological polar surface area (TPSA) is 15.3 Å². The smallest absolute Gasteiger partial charge is 0.0235 e. The lowest BCUT2D eigenvalue weighted by Crippen LogP contribution is -2.34. The van der Waals surface area contributed by atoms with Crippen molar-refractivity contribution in [3.05, 3.63) is 0 Å². The van der Waals surface area contributed by atoms with Gasteiger partial charge in [-0.05, 0) is 52.6 Å². The fourth-order valence-corrected chi connectivity index (χ4v) is 2.37. The predicted molar refractivity (Wildman–Crippen MR) is 67.2 cm³/mol. The molecule has 1 fully saturated rings. The van der Waals surface area contributed by atoms with Gasteiger partial charge in [0.2, 0.25) is 0 Å². The molecule has 2 heteroatoms. The third kappa shape index (κ3) is 4.52. The molecule has 0 aliphatic carbocycles. The first-order valence-corrected chi connectivity index (χ1v) is 6.36. The quantitative estimate of drug-likeness (QED) is 0.753. The van der Waals surface area contributed by atoms with Crippen LogP contribution in [0.2, 0.25) is 0 Å². The Morgan fingerprint density at radius 3 is 2.53 bits per heavy atom. The standard InChI is InChI=1S/C13H28N2/c1-11(2)7-6-8-15(5)12-9-13(3,4)14-10-12/h11-12,14H,6-10H2,1-5H3. The molecule has 1 saturated heterocycles. The lowest BCUT2D eigenvalue weighted by Gasteiger charge is -2.25. The van der Waals surface area contributed by atoms with E-state index in [1.807, 2.05) is 0 Å². The van der Waals surface area contributed by atoms with Crippen molar-refractivity contribution < 1.29 is 0 Å². The molecule has 90 valence electrons. The van der Waals surface area contributed by atoms with Gasteiger partial charge in [0.05, 0.1) is 0 Å². The summed E-state index contributed by atoms with van der Waals surface area (Å²) in [5.74, 6) is 0.844. The van der Waals surface area contributed by atoms with E-state index in [-0.39, 0.29) is 0 Å². The molecule has 0 spiro atoms. The molecule has 0 saturated carbocycles. The number of nitrogens with zero attached hydrogens (tertiary/aromatic N) is 1. The Bertz CT molecular complexity index is 187. The fourth-order valence-electron chi connectivity index (χ4n) is 2.37. The fraction of sp³-hybridized carbons (Fsp3) is 1.00. The average Bonchev–Trinajstić information content (AvgIpc) is 2.45. The maximum atomic E-state index is 3.58. The highest BCUT2D eigenvalue weighted by molar-refractivity contribution is 4.93. The van der Waals surface area contributed by atoms with Crippen LogP contribution in [-0.4, -0.2) is 36.6 Å². The molecule has 1 heterocycles. The molecule has 0 aromatic heterocycles. The van der Waals surface area contributed by atoms with Gasteiger partial charge in [-0.3, -0.25) is 0 Å². The minimum Gasteiger partial charge on any atom is -0.310 e. The monoisotopic (exact) mass is 212 g/mol. The van der Waals surface area contributed by atoms with Gasteiger partial charge in [0.25, 0.3) is 0 Å². The van der Waals surface area contributed by atoms with Gasteiger partial charge in [-0.25, -0.2) is 0 Å². The molecule has 1 aliphatic heterocycles. The number of likely N-dealkylation sites (N-methyl/N-ethyl adjacent to an activating group) is 1. The molecule has 0 bridgehead atoms. The van der Waals surface area contributed by atoms with Crippen LogP contribution >= 0.6 is 0 Å². The van der Waals surface area contributed by atoms with Crippen LogP contribution in [0.4, 0.5) is 0 Å². The van der Waals surface area contributed by atoms with Crippen molar-refractivity contribution in [2.45, 2.75) is 58.5 Å². The van der Waals surface area contributed by atoms with Crippen LogP contribution in [0, 0.1) is 5.92 Å². The first-order valence-electron chi connectivity index (χ1n) is 6.36. The van der Waals surface area contributed by atoms with E-state index in [9.17, 15) is 0 Å². The van der Waals surface area contributed by atoms with Gasteiger partial charge in [-0.2, -0.15) is 0 Å². The Hall–Kier alpha value is -0.0800. The average molecular weight is 212 g/mol. The Morgan fingerprint density at radius 1 is 1.40 bits per heavy atom. The lowest BCUT2D eigenvalue weighted by molar-refractivity contribution is 0.240. The first kappa shape index (κ1) is 13.0. The minimum atomic E-state index is 0.344. The number of nitrogens with one attached hydrogen (secondary N) is 1. The molecule has 1 rings (SSSR count). The predicted octanol–water partition coefficient (Wildman–Crippen LogP) is 2.49. The highest BCUT2D eigenvalue weighted by atomic mass is 15.2. The zero-order valence-corrected chi connectivity index (χ0v) is 11.1. The second-order valence-electron chi connectivity index (χ2n) is 6.14. The van der Waals surface area contributed by atoms with Crippen LogP contribution < -0.4 is 5.32 Å². The van der Waals surface area contributed by atoms with Gasteiger partial charge in [0.15, 0.2) is 0 Å². The summed E-state index contributed by atoms with van der Waals surface area (Å²) in [5.41, 5.74) is 0.344. The molecule has 1 unspecified atom stereocenters. The Kier molecular flexibility index (Phi) is 4.60. The molecule has 1 aliphatic rings. The minimum absolute atomic E-state index is 0.344. The molecule has 2 nitrogen and oxygen atoms in total. The molecular weight excluding hydrogens is 184 g/mol. The van der Waals surface area contributed by atoms with E-state index in [4.69, 9.17) is 0 Å². The summed E-state index contributed by atoms with van der Waals surface area (Å²) >= 11 is 0. The summed E-state index contributed by atoms with van der Waals surface area (Å²) in [4.78, 5) is 2.53. The van der Waals surface area contributed by atoms with E-state index in [1.54, 1.807) is 0 Å². The number of rotatable bonds is 5. The van der Waals surface area contributed by atoms with Crippen LogP contribution in [0.1, 0.15) is 47.0 Å². The third-order valence-corrected chi connectivity index (χ3v) is 3.48. The van der Waals surface area contributed by atoms with E-state index in [0.29, 0.717) is 5.54 Å². The molecule has 15 heavy (non-hydrogen) atoms. The number of hydrogen-bond acceptors (Lipinski definition) is 2. The summed E-state index contributed by atoms with van der Waals surface area (Å²) in [6, 6.07) is 0.743. The normalized spacial score (nSPS) is 25.4. The van der Waals surface area contributed by atoms with Gasteiger partial charge >= 0.3 is 0 Å². The van der Waals surface area contributed by atoms with Crippen LogP contribution in [0.3, 0.4) is 0 Å². The Labute approximate surface area is 95.4 Å². The SMILES string of the molecule is CC(C)CCCN(C)C1CNC(C)(C)C1. The van der Waals surface area contributed by atoms with Gasteiger partial charge < -0.3 is 10.2 Å². The van der Waals surface area contributed by atoms with Crippen molar-refractivity contribution >= 4 is 0 Å². The van der Waals surface area contributed by atoms with Gasteiger partial charge in [-0.1, -0.05) is 13.8 Å². The van der Waals surface area contributed by atoms with Crippen molar-refractivity contribution in [3.63, 3.8) is 0 Å². The second-order valence-corrected chi connectivity index (χ2v) is 6.14. The Balaban J connectivity index is 2.21. The summed E-state index contributed by atoms with van der Waals surface area (Å²) in [7, 11) is 2.27. The number of hydrogen-bond donors (Lipinski definition) is 1. The van der Waals surface area contributed by atoms with Crippen LogP contribution in [0.15, 0.2) is 0 Å². The summed E-state index contributed by atoms with van der Waals surface area (Å²) < 4.78 is 0. The van der Waals surface area contributed by atoms with Crippen molar-refractivity contribution in [3.8, 4) is 0 Å². The summed E-state index contributed by atoms with van der Waals surface area (Å²) in [6.07, 6.45) is 3.98. The second kappa shape index (κ2) is 5.31. The molecule has 0 radical (unpaired) electrons. The van der Waals surface area contributed by atoms with Crippen molar-refractivity contribution in [1.82, 2.24) is 10.2 Å². The van der Waals surface area contributed by atoms with E-state index in [1.165, 1.54) is 25.8 Å². The first-order chi connectivity index (χ1) is 6.91. The Morgan fingerprint density at radius 2 is 2.07 bits per heavy atom. The highest BCUT2D eigenvalue weighted by Crippen LogP contribution is 2.21. The maximum absolute atomic E-state index is 3.58. The van der Waals surface area contributed by atoms with Crippen LogP contribution in [0.5, 0.6) is 0 Å². The maximum Gasteiger partial charge on any atom is 0.0235 e. The molecule has 0 amide bonds.